The lowest BCUT2D eigenvalue weighted by Crippen LogP contribution is -2.43. The lowest BCUT2D eigenvalue weighted by molar-refractivity contribution is -0.122. The van der Waals surface area contributed by atoms with Gasteiger partial charge in [0, 0.05) is 37.4 Å². The Morgan fingerprint density at radius 3 is 2.37 bits per heavy atom. The lowest BCUT2D eigenvalue weighted by Gasteiger charge is -2.31. The van der Waals surface area contributed by atoms with Gasteiger partial charge in [-0.2, -0.15) is 0 Å². The smallest absolute Gasteiger partial charge is 0.220 e. The summed E-state index contributed by atoms with van der Waals surface area (Å²) in [7, 11) is 0. The molecule has 0 radical (unpaired) electrons. The molecule has 0 saturated carbocycles. The molecule has 1 aromatic carbocycles. The van der Waals surface area contributed by atoms with Crippen LogP contribution in [0.3, 0.4) is 0 Å². The second-order valence-corrected chi connectivity index (χ2v) is 8.58. The first-order valence-electron chi connectivity index (χ1n) is 10.5. The zero-order valence-corrected chi connectivity index (χ0v) is 19.2. The second kappa shape index (κ2) is 10.9. The standard InChI is InChI=1S/C23H32N4O2S/c1-16-5-7-19(8-6-16)21(15-27-11-13-29-14-12-27)26-22(28)10-9-20-17(2)24-23(30-4)25-18(20)3/h5-8,21H,9-15H2,1-4H3,(H,26,28)/t21-/m0/s1. The maximum Gasteiger partial charge on any atom is 0.220 e. The highest BCUT2D eigenvalue weighted by atomic mass is 32.2. The van der Waals surface area contributed by atoms with Crippen molar-refractivity contribution < 1.29 is 9.53 Å². The van der Waals surface area contributed by atoms with Crippen LogP contribution in [0.1, 0.15) is 40.5 Å². The third kappa shape index (κ3) is 6.27. The average molecular weight is 429 g/mol. The first-order valence-corrected chi connectivity index (χ1v) is 11.7. The number of aryl methyl sites for hydroxylation is 3. The van der Waals surface area contributed by atoms with Crippen LogP contribution in [0.2, 0.25) is 0 Å². The number of aromatic nitrogens is 2. The van der Waals surface area contributed by atoms with Crippen molar-refractivity contribution >= 4 is 17.7 Å². The highest BCUT2D eigenvalue weighted by molar-refractivity contribution is 7.98. The molecule has 7 heteroatoms. The van der Waals surface area contributed by atoms with Gasteiger partial charge in [-0.3, -0.25) is 9.69 Å². The summed E-state index contributed by atoms with van der Waals surface area (Å²) in [6, 6.07) is 8.40. The van der Waals surface area contributed by atoms with Gasteiger partial charge in [0.25, 0.3) is 0 Å². The normalized spacial score (nSPS) is 15.7. The van der Waals surface area contributed by atoms with E-state index in [4.69, 9.17) is 4.74 Å². The van der Waals surface area contributed by atoms with E-state index in [1.807, 2.05) is 20.1 Å². The Morgan fingerprint density at radius 1 is 1.13 bits per heavy atom. The zero-order valence-electron chi connectivity index (χ0n) is 18.4. The average Bonchev–Trinajstić information content (AvgIpc) is 2.74. The van der Waals surface area contributed by atoms with Gasteiger partial charge in [-0.1, -0.05) is 41.6 Å². The minimum Gasteiger partial charge on any atom is -0.379 e. The predicted octanol–water partition coefficient (Wildman–Crippen LogP) is 3.25. The highest BCUT2D eigenvalue weighted by Crippen LogP contribution is 2.19. The van der Waals surface area contributed by atoms with Crippen molar-refractivity contribution in [2.45, 2.75) is 44.8 Å². The Kier molecular flexibility index (Phi) is 8.24. The molecule has 6 nitrogen and oxygen atoms in total. The van der Waals surface area contributed by atoms with Crippen molar-refractivity contribution in [2.24, 2.45) is 0 Å². The molecule has 1 amide bonds. The van der Waals surface area contributed by atoms with Crippen molar-refractivity contribution in [3.8, 4) is 0 Å². The van der Waals surface area contributed by atoms with Crippen LogP contribution in [0, 0.1) is 20.8 Å². The van der Waals surface area contributed by atoms with Crippen molar-refractivity contribution in [1.29, 1.82) is 0 Å². The fraction of sp³-hybridized carbons (Fsp3) is 0.522. The molecule has 1 aliphatic heterocycles. The highest BCUT2D eigenvalue weighted by Gasteiger charge is 2.20. The number of nitrogens with zero attached hydrogens (tertiary/aromatic N) is 3. The summed E-state index contributed by atoms with van der Waals surface area (Å²) in [5.74, 6) is 0.0570. The molecule has 1 N–H and O–H groups in total. The molecule has 30 heavy (non-hydrogen) atoms. The summed E-state index contributed by atoms with van der Waals surface area (Å²) in [6.07, 6.45) is 3.05. The first-order chi connectivity index (χ1) is 14.5. The number of carbonyl (C=O) groups excluding carboxylic acids is 1. The Labute approximate surface area is 183 Å². The third-order valence-electron chi connectivity index (χ3n) is 5.54. The van der Waals surface area contributed by atoms with Crippen LogP contribution in [-0.2, 0) is 16.0 Å². The molecule has 1 fully saturated rings. The predicted molar refractivity (Wildman–Crippen MR) is 121 cm³/mol. The van der Waals surface area contributed by atoms with Gasteiger partial charge >= 0.3 is 0 Å². The van der Waals surface area contributed by atoms with Crippen LogP contribution in [0.25, 0.3) is 0 Å². The Balaban J connectivity index is 1.66. The van der Waals surface area contributed by atoms with E-state index in [1.165, 1.54) is 17.3 Å². The number of rotatable bonds is 8. The summed E-state index contributed by atoms with van der Waals surface area (Å²) in [6.45, 7) is 10.2. The number of carbonyl (C=O) groups is 1. The molecule has 0 unspecified atom stereocenters. The number of hydrogen-bond acceptors (Lipinski definition) is 6. The molecule has 2 heterocycles. The first kappa shape index (κ1) is 22.7. The van der Waals surface area contributed by atoms with Gasteiger partial charge in [0.2, 0.25) is 5.91 Å². The Morgan fingerprint density at radius 2 is 1.77 bits per heavy atom. The van der Waals surface area contributed by atoms with E-state index in [2.05, 4.69) is 51.4 Å². The Bertz CT molecular complexity index is 828. The molecular formula is C23H32N4O2S. The summed E-state index contributed by atoms with van der Waals surface area (Å²) in [5, 5.41) is 4.05. The molecule has 3 rings (SSSR count). The van der Waals surface area contributed by atoms with Crippen molar-refractivity contribution in [2.75, 3.05) is 39.1 Å². The number of hydrogen-bond donors (Lipinski definition) is 1. The van der Waals surface area contributed by atoms with E-state index >= 15 is 0 Å². The Hall–Kier alpha value is -1.96. The molecule has 1 atom stereocenters. The van der Waals surface area contributed by atoms with Gasteiger partial charge in [0.05, 0.1) is 19.3 Å². The number of benzene rings is 1. The number of nitrogens with one attached hydrogen (secondary N) is 1. The molecule has 162 valence electrons. The lowest BCUT2D eigenvalue weighted by atomic mass is 10.0. The molecule has 1 aromatic heterocycles. The summed E-state index contributed by atoms with van der Waals surface area (Å²) < 4.78 is 5.47. The van der Waals surface area contributed by atoms with Gasteiger partial charge in [-0.05, 0) is 44.6 Å². The summed E-state index contributed by atoms with van der Waals surface area (Å²) >= 11 is 1.54. The van der Waals surface area contributed by atoms with Gasteiger partial charge in [0.15, 0.2) is 5.16 Å². The molecule has 0 spiro atoms. The van der Waals surface area contributed by atoms with E-state index in [9.17, 15) is 4.79 Å². The maximum atomic E-state index is 12.9. The fourth-order valence-electron chi connectivity index (χ4n) is 3.74. The van der Waals surface area contributed by atoms with E-state index in [1.54, 1.807) is 0 Å². The van der Waals surface area contributed by atoms with Gasteiger partial charge in [0.1, 0.15) is 0 Å². The number of thioether (sulfide) groups is 1. The maximum absolute atomic E-state index is 12.9. The number of amides is 1. The van der Waals surface area contributed by atoms with Crippen molar-refractivity contribution in [1.82, 2.24) is 20.2 Å². The van der Waals surface area contributed by atoms with Crippen LogP contribution < -0.4 is 5.32 Å². The third-order valence-corrected chi connectivity index (χ3v) is 6.09. The van der Waals surface area contributed by atoms with E-state index in [0.29, 0.717) is 12.8 Å². The molecule has 2 aromatic rings. The van der Waals surface area contributed by atoms with Gasteiger partial charge in [-0.15, -0.1) is 0 Å². The topological polar surface area (TPSA) is 67.4 Å². The molecular weight excluding hydrogens is 396 g/mol. The van der Waals surface area contributed by atoms with Gasteiger partial charge < -0.3 is 10.1 Å². The molecule has 1 aliphatic rings. The van der Waals surface area contributed by atoms with E-state index in [-0.39, 0.29) is 11.9 Å². The fourth-order valence-corrected chi connectivity index (χ4v) is 4.20. The van der Waals surface area contributed by atoms with Crippen LogP contribution in [-0.4, -0.2) is 59.9 Å². The van der Waals surface area contributed by atoms with Crippen LogP contribution >= 0.6 is 11.8 Å². The monoisotopic (exact) mass is 428 g/mol. The molecule has 0 aliphatic carbocycles. The summed E-state index contributed by atoms with van der Waals surface area (Å²) in [5.41, 5.74) is 5.35. The minimum atomic E-state index is -0.0338. The van der Waals surface area contributed by atoms with Crippen LogP contribution in [0.15, 0.2) is 29.4 Å². The van der Waals surface area contributed by atoms with Crippen LogP contribution in [0.5, 0.6) is 0 Å². The minimum absolute atomic E-state index is 0.0338. The summed E-state index contributed by atoms with van der Waals surface area (Å²) in [4.78, 5) is 24.3. The largest absolute Gasteiger partial charge is 0.379 e. The number of morpholine rings is 1. The van der Waals surface area contributed by atoms with Gasteiger partial charge in [-0.25, -0.2) is 9.97 Å². The van der Waals surface area contributed by atoms with E-state index in [0.717, 1.165) is 60.5 Å². The molecule has 0 bridgehead atoms. The molecule has 1 saturated heterocycles. The zero-order chi connectivity index (χ0) is 21.5. The number of ether oxygens (including phenoxy) is 1. The quantitative estimate of drug-likeness (QED) is 0.514. The SMILES string of the molecule is CSc1nc(C)c(CCC(=O)N[C@@H](CN2CCOCC2)c2ccc(C)cc2)c(C)n1. The van der Waals surface area contributed by atoms with E-state index < -0.39 is 0 Å². The van der Waals surface area contributed by atoms with Crippen molar-refractivity contribution in [3.63, 3.8) is 0 Å². The van der Waals surface area contributed by atoms with Crippen LogP contribution in [0.4, 0.5) is 0 Å². The van der Waals surface area contributed by atoms with Crippen molar-refractivity contribution in [3.05, 3.63) is 52.3 Å². The second-order valence-electron chi connectivity index (χ2n) is 7.80.